The number of nitrogens with zero attached hydrogens (tertiary/aromatic N) is 4. The molecule has 0 bridgehead atoms. The van der Waals surface area contributed by atoms with Crippen LogP contribution in [0.4, 0.5) is 10.1 Å². The van der Waals surface area contributed by atoms with Gasteiger partial charge in [-0.1, -0.05) is 36.4 Å². The van der Waals surface area contributed by atoms with Crippen molar-refractivity contribution in [2.45, 2.75) is 13.0 Å². The number of anilines is 1. The quantitative estimate of drug-likeness (QED) is 0.427. The number of aromatic nitrogens is 1. The molecule has 0 spiro atoms. The van der Waals surface area contributed by atoms with Gasteiger partial charge < -0.3 is 14.4 Å². The van der Waals surface area contributed by atoms with E-state index in [1.54, 1.807) is 28.0 Å². The molecule has 1 fully saturated rings. The third kappa shape index (κ3) is 4.55. The average Bonchev–Trinajstić information content (AvgIpc) is 3.39. The first-order valence-electron chi connectivity index (χ1n) is 11.4. The third-order valence-corrected chi connectivity index (χ3v) is 7.24. The summed E-state index contributed by atoms with van der Waals surface area (Å²) in [5.74, 6) is -0.251. The molecule has 1 amide bonds. The number of rotatable bonds is 5. The van der Waals surface area contributed by atoms with E-state index in [4.69, 9.17) is 0 Å². The Labute approximate surface area is 206 Å². The molecule has 2 aromatic carbocycles. The van der Waals surface area contributed by atoms with Gasteiger partial charge >= 0.3 is 0 Å². The second-order valence-electron chi connectivity index (χ2n) is 8.49. The number of carbonyl (C=O) groups excluding carboxylic acids is 1. The van der Waals surface area contributed by atoms with Crippen molar-refractivity contribution in [3.05, 3.63) is 98.2 Å². The highest BCUT2D eigenvalue weighted by Gasteiger charge is 2.26. The number of benzene rings is 2. The van der Waals surface area contributed by atoms with Crippen LogP contribution >= 0.6 is 11.3 Å². The molecule has 1 aliphatic rings. The predicted octanol–water partition coefficient (Wildman–Crippen LogP) is 4.01. The molecule has 4 aromatic rings. The van der Waals surface area contributed by atoms with E-state index in [-0.39, 0.29) is 29.4 Å². The number of fused-ring (bicyclic) bond motifs is 1. The summed E-state index contributed by atoms with van der Waals surface area (Å²) < 4.78 is 14.9. The van der Waals surface area contributed by atoms with Gasteiger partial charge in [-0.05, 0) is 35.2 Å². The Kier molecular flexibility index (Phi) is 6.34. The molecule has 5 rings (SSSR count). The molecular formula is C27H23FN4O2S. The lowest BCUT2D eigenvalue weighted by molar-refractivity contribution is -0.130. The van der Waals surface area contributed by atoms with Crippen LogP contribution in [0.25, 0.3) is 10.9 Å². The van der Waals surface area contributed by atoms with Crippen molar-refractivity contribution < 1.29 is 9.18 Å². The Balaban J connectivity index is 1.46. The third-order valence-electron chi connectivity index (χ3n) is 6.37. The molecular weight excluding hydrogens is 463 g/mol. The Bertz CT molecular complexity index is 1460. The number of hydrogen-bond acceptors (Lipinski definition) is 5. The SMILES string of the molecule is N#Cc1c(N2CCN(C(=O)Cc3cccs3)CC2)c2ccccc2n(Cc2ccc(F)cc2)c1=O. The fourth-order valence-electron chi connectivity index (χ4n) is 4.60. The minimum absolute atomic E-state index is 0.0872. The number of amides is 1. The van der Waals surface area contributed by atoms with Crippen LogP contribution in [0.1, 0.15) is 16.0 Å². The van der Waals surface area contributed by atoms with Crippen molar-refractivity contribution in [1.29, 1.82) is 5.26 Å². The molecule has 6 nitrogen and oxygen atoms in total. The van der Waals surface area contributed by atoms with Crippen LogP contribution in [-0.2, 0) is 17.8 Å². The summed E-state index contributed by atoms with van der Waals surface area (Å²) in [6.45, 7) is 2.37. The van der Waals surface area contributed by atoms with Crippen molar-refractivity contribution in [2.24, 2.45) is 0 Å². The molecule has 0 unspecified atom stereocenters. The summed E-state index contributed by atoms with van der Waals surface area (Å²) in [5.41, 5.74) is 1.82. The molecule has 2 aromatic heterocycles. The smallest absolute Gasteiger partial charge is 0.271 e. The number of hydrogen-bond donors (Lipinski definition) is 0. The number of halogens is 1. The van der Waals surface area contributed by atoms with E-state index < -0.39 is 0 Å². The molecule has 0 aliphatic carbocycles. The second-order valence-corrected chi connectivity index (χ2v) is 9.53. The molecule has 176 valence electrons. The molecule has 1 aliphatic heterocycles. The Morgan fingerprint density at radius 2 is 1.74 bits per heavy atom. The monoisotopic (exact) mass is 486 g/mol. The van der Waals surface area contributed by atoms with Gasteiger partial charge in [0.05, 0.1) is 24.2 Å². The van der Waals surface area contributed by atoms with E-state index in [2.05, 4.69) is 6.07 Å². The fraction of sp³-hybridized carbons (Fsp3) is 0.222. The zero-order valence-corrected chi connectivity index (χ0v) is 19.8. The zero-order chi connectivity index (χ0) is 24.4. The lowest BCUT2D eigenvalue weighted by atomic mass is 10.1. The first kappa shape index (κ1) is 22.8. The van der Waals surface area contributed by atoms with Crippen molar-refractivity contribution in [3.63, 3.8) is 0 Å². The van der Waals surface area contributed by atoms with Crippen LogP contribution in [0, 0.1) is 17.1 Å². The molecule has 35 heavy (non-hydrogen) atoms. The van der Waals surface area contributed by atoms with Gasteiger partial charge in [0.25, 0.3) is 5.56 Å². The summed E-state index contributed by atoms with van der Waals surface area (Å²) in [5, 5.41) is 12.8. The first-order chi connectivity index (χ1) is 17.0. The lowest BCUT2D eigenvalue weighted by Crippen LogP contribution is -2.49. The van der Waals surface area contributed by atoms with Gasteiger partial charge in [-0.3, -0.25) is 9.59 Å². The molecule has 0 radical (unpaired) electrons. The van der Waals surface area contributed by atoms with Gasteiger partial charge in [-0.15, -0.1) is 11.3 Å². The number of nitriles is 1. The second kappa shape index (κ2) is 9.72. The Morgan fingerprint density at radius 3 is 2.43 bits per heavy atom. The number of piperazine rings is 1. The zero-order valence-electron chi connectivity index (χ0n) is 19.0. The van der Waals surface area contributed by atoms with Crippen LogP contribution in [0.5, 0.6) is 0 Å². The normalized spacial score (nSPS) is 13.7. The molecule has 8 heteroatoms. The number of thiophene rings is 1. The fourth-order valence-corrected chi connectivity index (χ4v) is 5.30. The maximum atomic E-state index is 13.5. The molecule has 0 N–H and O–H groups in total. The van der Waals surface area contributed by atoms with Crippen LogP contribution in [0.15, 0.2) is 70.8 Å². The summed E-state index contributed by atoms with van der Waals surface area (Å²) in [6.07, 6.45) is 0.392. The largest absolute Gasteiger partial charge is 0.366 e. The van der Waals surface area contributed by atoms with Gasteiger partial charge in [0.2, 0.25) is 5.91 Å². The molecule has 0 saturated carbocycles. The highest BCUT2D eigenvalue weighted by molar-refractivity contribution is 7.10. The minimum atomic E-state index is -0.373. The maximum Gasteiger partial charge on any atom is 0.271 e. The first-order valence-corrected chi connectivity index (χ1v) is 12.3. The summed E-state index contributed by atoms with van der Waals surface area (Å²) >= 11 is 1.57. The number of pyridine rings is 1. The molecule has 1 saturated heterocycles. The highest BCUT2D eigenvalue weighted by atomic mass is 32.1. The van der Waals surface area contributed by atoms with Gasteiger partial charge in [0.1, 0.15) is 17.4 Å². The maximum absolute atomic E-state index is 13.5. The summed E-state index contributed by atoms with van der Waals surface area (Å²) in [7, 11) is 0. The van der Waals surface area contributed by atoms with Gasteiger partial charge in [0.15, 0.2) is 0 Å². The Hall–Kier alpha value is -3.96. The van der Waals surface area contributed by atoms with Crippen LogP contribution < -0.4 is 10.5 Å². The van der Waals surface area contributed by atoms with E-state index in [1.165, 1.54) is 12.1 Å². The van der Waals surface area contributed by atoms with Gasteiger partial charge in [-0.25, -0.2) is 4.39 Å². The van der Waals surface area contributed by atoms with Crippen LogP contribution in [-0.4, -0.2) is 41.6 Å². The van der Waals surface area contributed by atoms with E-state index >= 15 is 0 Å². The van der Waals surface area contributed by atoms with E-state index in [1.807, 2.05) is 51.6 Å². The van der Waals surface area contributed by atoms with Crippen LogP contribution in [0.3, 0.4) is 0 Å². The lowest BCUT2D eigenvalue weighted by Gasteiger charge is -2.37. The van der Waals surface area contributed by atoms with Crippen molar-refractivity contribution in [3.8, 4) is 6.07 Å². The topological polar surface area (TPSA) is 69.3 Å². The van der Waals surface area contributed by atoms with Crippen molar-refractivity contribution in [2.75, 3.05) is 31.1 Å². The minimum Gasteiger partial charge on any atom is -0.366 e. The molecule has 0 atom stereocenters. The standard InChI is InChI=1S/C27H23FN4O2S/c28-20-9-7-19(8-10-20)18-32-24-6-2-1-5-22(24)26(23(17-29)27(32)34)31-13-11-30(12-14-31)25(33)16-21-4-3-15-35-21/h1-10,15H,11-14,16,18H2. The number of carbonyl (C=O) groups is 1. The highest BCUT2D eigenvalue weighted by Crippen LogP contribution is 2.30. The summed E-state index contributed by atoms with van der Waals surface area (Å²) in [4.78, 5) is 31.1. The van der Waals surface area contributed by atoms with Crippen molar-refractivity contribution in [1.82, 2.24) is 9.47 Å². The molecule has 3 heterocycles. The van der Waals surface area contributed by atoms with Gasteiger partial charge in [0, 0.05) is 36.4 Å². The van der Waals surface area contributed by atoms with E-state index in [0.29, 0.717) is 43.8 Å². The van der Waals surface area contributed by atoms with Crippen LogP contribution in [0.2, 0.25) is 0 Å². The predicted molar refractivity (Wildman–Crippen MR) is 135 cm³/mol. The van der Waals surface area contributed by atoms with E-state index in [9.17, 15) is 19.2 Å². The van der Waals surface area contributed by atoms with Crippen molar-refractivity contribution >= 4 is 33.8 Å². The Morgan fingerprint density at radius 1 is 1.00 bits per heavy atom. The summed E-state index contributed by atoms with van der Waals surface area (Å²) in [6, 6.07) is 19.6. The average molecular weight is 487 g/mol. The van der Waals surface area contributed by atoms with E-state index in [0.717, 1.165) is 15.8 Å². The van der Waals surface area contributed by atoms with Gasteiger partial charge in [-0.2, -0.15) is 5.26 Å². The number of para-hydroxylation sites is 1.